The number of hydrogen-bond donors (Lipinski definition) is 0. The molecule has 1 heterocycles. The smallest absolute Gasteiger partial charge is 0.0635 e. The minimum Gasteiger partial charge on any atom is -0.383 e. The van der Waals surface area contributed by atoms with Crippen molar-refractivity contribution in [2.24, 2.45) is 0 Å². The molecule has 0 aliphatic carbocycles. The van der Waals surface area contributed by atoms with Crippen LogP contribution in [-0.2, 0) is 11.3 Å². The molecule has 0 bridgehead atoms. The third-order valence-corrected chi connectivity index (χ3v) is 6.02. The Morgan fingerprint density at radius 3 is 2.52 bits per heavy atom. The fourth-order valence-corrected chi connectivity index (χ4v) is 4.56. The van der Waals surface area contributed by atoms with E-state index in [1.165, 1.54) is 11.3 Å². The van der Waals surface area contributed by atoms with E-state index in [1.54, 1.807) is 13.2 Å². The van der Waals surface area contributed by atoms with E-state index in [9.17, 15) is 0 Å². The molecule has 1 saturated heterocycles. The Morgan fingerprint density at radius 2 is 1.88 bits per heavy atom. The molecule has 6 heteroatoms. The molecule has 1 aromatic carbocycles. The van der Waals surface area contributed by atoms with Crippen molar-refractivity contribution in [3.8, 4) is 0 Å². The first-order chi connectivity index (χ1) is 16.0. The highest BCUT2D eigenvalue weighted by Crippen LogP contribution is 2.26. The number of rotatable bonds is 12. The maximum absolute atomic E-state index is 6.26. The average Bonchev–Trinajstić information content (AvgIpc) is 2.78. The Hall–Kier alpha value is -1.49. The van der Waals surface area contributed by atoms with Gasteiger partial charge in [0.1, 0.15) is 0 Å². The van der Waals surface area contributed by atoms with Crippen LogP contribution >= 0.6 is 34.8 Å². The predicted molar refractivity (Wildman–Crippen MR) is 144 cm³/mol. The normalized spacial score (nSPS) is 20.8. The second kappa shape index (κ2) is 15.4. The topological polar surface area (TPSA) is 15.7 Å². The fourth-order valence-electron chi connectivity index (χ4n) is 4.08. The molecule has 180 valence electrons. The highest BCUT2D eigenvalue weighted by molar-refractivity contribution is 6.35. The number of alkyl halides is 1. The molecule has 0 spiro atoms. The molecule has 2 atom stereocenters. The van der Waals surface area contributed by atoms with Crippen molar-refractivity contribution in [2.45, 2.75) is 38.4 Å². The molecule has 0 unspecified atom stereocenters. The Balaban J connectivity index is 2.32. The van der Waals surface area contributed by atoms with E-state index in [1.807, 2.05) is 12.2 Å². The molecule has 1 aliphatic heterocycles. The number of allylic oxidation sites excluding steroid dienone is 7. The minimum atomic E-state index is 0.277. The second-order valence-electron chi connectivity index (χ2n) is 8.04. The van der Waals surface area contributed by atoms with Gasteiger partial charge >= 0.3 is 0 Å². The number of nitrogens with zero attached hydrogens (tertiary/aromatic N) is 2. The summed E-state index contributed by atoms with van der Waals surface area (Å²) in [7, 11) is 1.77. The van der Waals surface area contributed by atoms with Crippen molar-refractivity contribution in [3.05, 3.63) is 94.7 Å². The van der Waals surface area contributed by atoms with Gasteiger partial charge in [-0.3, -0.25) is 4.90 Å². The van der Waals surface area contributed by atoms with Gasteiger partial charge in [0.15, 0.2) is 0 Å². The van der Waals surface area contributed by atoms with E-state index >= 15 is 0 Å². The van der Waals surface area contributed by atoms with Crippen LogP contribution in [0.2, 0.25) is 0 Å². The monoisotopic (exact) mass is 508 g/mol. The first-order valence-corrected chi connectivity index (χ1v) is 12.6. The van der Waals surface area contributed by atoms with Crippen LogP contribution in [0, 0.1) is 0 Å². The average molecular weight is 510 g/mol. The summed E-state index contributed by atoms with van der Waals surface area (Å²) < 4.78 is 5.62. The molecule has 0 radical (unpaired) electrons. The van der Waals surface area contributed by atoms with Crippen LogP contribution in [0.1, 0.15) is 25.3 Å². The van der Waals surface area contributed by atoms with Crippen LogP contribution in [0.15, 0.2) is 89.1 Å². The van der Waals surface area contributed by atoms with E-state index in [0.717, 1.165) is 32.5 Å². The fraction of sp³-hybridized carbons (Fsp3) is 0.407. The Kier molecular flexibility index (Phi) is 13.0. The standard InChI is InChI=1S/C27H35Cl3N2O/c1-4-10-25(15-9-16-28)32-20-27(21-33-3)31(18-23-11-6-5-7-12-23)19-26(32)14-8-13-24(30)17-22(2)29/h5-13,15,17,26-27H,2,4,14,16,18-21H2,1,3H3/b13-8-,15-9-,24-17+,25-10+/t26-,27+/m1/s1. The summed E-state index contributed by atoms with van der Waals surface area (Å²) in [5.41, 5.74) is 2.51. The highest BCUT2D eigenvalue weighted by atomic mass is 35.5. The first kappa shape index (κ1) is 27.8. The van der Waals surface area contributed by atoms with Gasteiger partial charge in [-0.25, -0.2) is 0 Å². The van der Waals surface area contributed by atoms with Crippen molar-refractivity contribution in [1.82, 2.24) is 9.80 Å². The quantitative estimate of drug-likeness (QED) is 0.221. The van der Waals surface area contributed by atoms with Gasteiger partial charge in [-0.2, -0.15) is 0 Å². The van der Waals surface area contributed by atoms with Gasteiger partial charge < -0.3 is 9.64 Å². The summed E-state index contributed by atoms with van der Waals surface area (Å²) in [5, 5.41) is 0.988. The van der Waals surface area contributed by atoms with E-state index in [0.29, 0.717) is 22.6 Å². The predicted octanol–water partition coefficient (Wildman–Crippen LogP) is 7.10. The lowest BCUT2D eigenvalue weighted by atomic mass is 10.0. The van der Waals surface area contributed by atoms with Gasteiger partial charge in [0.05, 0.1) is 12.6 Å². The number of hydrogen-bond acceptors (Lipinski definition) is 3. The number of halogens is 3. The summed E-state index contributed by atoms with van der Waals surface area (Å²) in [6, 6.07) is 11.2. The van der Waals surface area contributed by atoms with E-state index < -0.39 is 0 Å². The third kappa shape index (κ3) is 9.72. The summed E-state index contributed by atoms with van der Waals surface area (Å²) in [6.45, 7) is 9.18. The summed E-state index contributed by atoms with van der Waals surface area (Å²) in [4.78, 5) is 5.01. The van der Waals surface area contributed by atoms with Crippen LogP contribution in [0.5, 0.6) is 0 Å². The highest BCUT2D eigenvalue weighted by Gasteiger charge is 2.33. The van der Waals surface area contributed by atoms with E-state index in [2.05, 4.69) is 71.9 Å². The Morgan fingerprint density at radius 1 is 1.12 bits per heavy atom. The zero-order chi connectivity index (χ0) is 24.1. The Bertz CT molecular complexity index is 848. The number of benzene rings is 1. The van der Waals surface area contributed by atoms with Gasteiger partial charge in [0.25, 0.3) is 0 Å². The third-order valence-electron chi connectivity index (χ3n) is 5.50. The molecule has 1 fully saturated rings. The van der Waals surface area contributed by atoms with Crippen LogP contribution in [0.4, 0.5) is 0 Å². The molecule has 0 aromatic heterocycles. The van der Waals surface area contributed by atoms with Crippen molar-refractivity contribution in [2.75, 3.05) is 32.7 Å². The molecule has 3 nitrogen and oxygen atoms in total. The molecule has 33 heavy (non-hydrogen) atoms. The molecular weight excluding hydrogens is 475 g/mol. The van der Waals surface area contributed by atoms with Crippen molar-refractivity contribution in [3.63, 3.8) is 0 Å². The minimum absolute atomic E-state index is 0.277. The zero-order valence-electron chi connectivity index (χ0n) is 19.6. The van der Waals surface area contributed by atoms with Gasteiger partial charge in [0.2, 0.25) is 0 Å². The maximum atomic E-state index is 6.26. The van der Waals surface area contributed by atoms with Crippen molar-refractivity contribution in [1.29, 1.82) is 0 Å². The molecule has 0 N–H and O–H groups in total. The van der Waals surface area contributed by atoms with Gasteiger partial charge in [0, 0.05) is 54.4 Å². The van der Waals surface area contributed by atoms with E-state index in [4.69, 9.17) is 39.5 Å². The van der Waals surface area contributed by atoms with E-state index in [-0.39, 0.29) is 12.1 Å². The summed E-state index contributed by atoms with van der Waals surface area (Å²) in [6.07, 6.45) is 13.9. The number of methoxy groups -OCH3 is 1. The molecule has 0 amide bonds. The molecular formula is C27H35Cl3N2O. The first-order valence-electron chi connectivity index (χ1n) is 11.3. The molecule has 2 rings (SSSR count). The largest absolute Gasteiger partial charge is 0.383 e. The molecule has 1 aliphatic rings. The Labute approximate surface area is 214 Å². The molecule has 0 saturated carbocycles. The molecule has 1 aromatic rings. The van der Waals surface area contributed by atoms with Crippen molar-refractivity contribution < 1.29 is 4.74 Å². The lowest BCUT2D eigenvalue weighted by Gasteiger charge is -2.48. The van der Waals surface area contributed by atoms with Gasteiger partial charge in [-0.15, -0.1) is 11.6 Å². The SMILES string of the molecule is C=C(Cl)/C=C(Cl)\C=C/C[C@@H]1CN(Cc2ccccc2)[C@H](COC)CN1C(/C=C\CCl)=C/CC. The lowest BCUT2D eigenvalue weighted by Crippen LogP contribution is -2.58. The second-order valence-corrected chi connectivity index (χ2v) is 9.27. The summed E-state index contributed by atoms with van der Waals surface area (Å²) >= 11 is 18.1. The summed E-state index contributed by atoms with van der Waals surface area (Å²) in [5.74, 6) is 0.490. The van der Waals surface area contributed by atoms with Crippen molar-refractivity contribution >= 4 is 34.8 Å². The maximum Gasteiger partial charge on any atom is 0.0635 e. The van der Waals surface area contributed by atoms with Gasteiger partial charge in [-0.05, 0) is 36.6 Å². The zero-order valence-corrected chi connectivity index (χ0v) is 21.9. The lowest BCUT2D eigenvalue weighted by molar-refractivity contribution is 0.00606. The number of ether oxygens (including phenoxy) is 1. The van der Waals surface area contributed by atoms with Crippen LogP contribution in [-0.4, -0.2) is 54.6 Å². The van der Waals surface area contributed by atoms with Crippen LogP contribution in [0.25, 0.3) is 0 Å². The van der Waals surface area contributed by atoms with Crippen LogP contribution < -0.4 is 0 Å². The van der Waals surface area contributed by atoms with Crippen LogP contribution in [0.3, 0.4) is 0 Å². The number of piperazine rings is 1. The van der Waals surface area contributed by atoms with Gasteiger partial charge in [-0.1, -0.05) is 85.3 Å².